The molecule has 1 saturated heterocycles. The van der Waals surface area contributed by atoms with Crippen LogP contribution in [-0.4, -0.2) is 48.2 Å². The second-order valence-electron chi connectivity index (χ2n) is 9.01. The monoisotopic (exact) mass is 473 g/mol. The van der Waals surface area contributed by atoms with Gasteiger partial charge >= 0.3 is 6.01 Å². The van der Waals surface area contributed by atoms with Crippen LogP contribution in [0.15, 0.2) is 51.8 Å². The van der Waals surface area contributed by atoms with E-state index in [-0.39, 0.29) is 17.3 Å². The zero-order valence-electron chi connectivity index (χ0n) is 20.1. The highest BCUT2D eigenvalue weighted by molar-refractivity contribution is 6.14. The van der Waals surface area contributed by atoms with Crippen molar-refractivity contribution in [2.75, 3.05) is 30.4 Å². The first-order chi connectivity index (χ1) is 16.8. The molecule has 9 heteroatoms. The molecule has 2 atom stereocenters. The van der Waals surface area contributed by atoms with Gasteiger partial charge in [-0.3, -0.25) is 9.59 Å². The lowest BCUT2D eigenvalue weighted by Gasteiger charge is -2.38. The molecule has 0 radical (unpaired) electrons. The molecule has 0 spiro atoms. The molecule has 35 heavy (non-hydrogen) atoms. The summed E-state index contributed by atoms with van der Waals surface area (Å²) in [6.07, 6.45) is 1.71. The summed E-state index contributed by atoms with van der Waals surface area (Å²) in [7, 11) is 1.50. The summed E-state index contributed by atoms with van der Waals surface area (Å²) in [4.78, 5) is 36.7. The number of methoxy groups -OCH3 is 1. The van der Waals surface area contributed by atoms with Crippen molar-refractivity contribution in [3.63, 3.8) is 0 Å². The molecule has 0 unspecified atom stereocenters. The van der Waals surface area contributed by atoms with Crippen LogP contribution in [0.1, 0.15) is 30.0 Å². The number of carbonyl (C=O) groups excluding carboxylic acids is 1. The van der Waals surface area contributed by atoms with Crippen LogP contribution in [-0.2, 0) is 0 Å². The van der Waals surface area contributed by atoms with Crippen molar-refractivity contribution in [1.29, 1.82) is 0 Å². The van der Waals surface area contributed by atoms with E-state index in [0.29, 0.717) is 45.6 Å². The Morgan fingerprint density at radius 2 is 1.91 bits per heavy atom. The van der Waals surface area contributed by atoms with Gasteiger partial charge in [0, 0.05) is 60.3 Å². The molecule has 2 aromatic heterocycles. The van der Waals surface area contributed by atoms with Crippen molar-refractivity contribution in [3.8, 4) is 6.01 Å². The fourth-order valence-electron chi connectivity index (χ4n) is 4.72. The van der Waals surface area contributed by atoms with Crippen LogP contribution in [0, 0.1) is 6.92 Å². The third kappa shape index (κ3) is 4.42. The number of benzene rings is 2. The number of hydrogen-bond donors (Lipinski definition) is 2. The molecule has 2 N–H and O–H groups in total. The number of nitrogens with zero attached hydrogens (tertiary/aromatic N) is 3. The van der Waals surface area contributed by atoms with E-state index in [9.17, 15) is 9.59 Å². The smallest absolute Gasteiger partial charge is 0.316 e. The maximum absolute atomic E-state index is 13.4. The van der Waals surface area contributed by atoms with Gasteiger partial charge in [0.15, 0.2) is 5.43 Å². The summed E-state index contributed by atoms with van der Waals surface area (Å²) in [5, 5.41) is 7.68. The van der Waals surface area contributed by atoms with E-state index in [1.165, 1.54) is 13.2 Å². The number of anilines is 2. The van der Waals surface area contributed by atoms with Crippen LogP contribution < -0.4 is 25.7 Å². The number of aromatic nitrogens is 2. The molecule has 0 bridgehead atoms. The number of hydrogen-bond acceptors (Lipinski definition) is 8. The van der Waals surface area contributed by atoms with Crippen molar-refractivity contribution in [2.24, 2.45) is 0 Å². The highest BCUT2D eigenvalue weighted by Gasteiger charge is 2.24. The normalized spacial score (nSPS) is 18.1. The lowest BCUT2D eigenvalue weighted by molar-refractivity contribution is 0.102. The fourth-order valence-corrected chi connectivity index (χ4v) is 4.72. The molecule has 2 aromatic carbocycles. The number of nitrogens with one attached hydrogen (secondary N) is 2. The van der Waals surface area contributed by atoms with E-state index in [1.54, 1.807) is 37.4 Å². The van der Waals surface area contributed by atoms with Crippen molar-refractivity contribution in [3.05, 3.63) is 64.1 Å². The van der Waals surface area contributed by atoms with E-state index in [1.807, 2.05) is 6.07 Å². The van der Waals surface area contributed by atoms with Gasteiger partial charge in [-0.05, 0) is 45.0 Å². The van der Waals surface area contributed by atoms with Crippen molar-refractivity contribution >= 4 is 39.2 Å². The Labute approximate surface area is 202 Å². The zero-order chi connectivity index (χ0) is 24.7. The van der Waals surface area contributed by atoms with Gasteiger partial charge in [0.25, 0.3) is 5.91 Å². The molecule has 1 aliphatic heterocycles. The highest BCUT2D eigenvalue weighted by Crippen LogP contribution is 2.31. The van der Waals surface area contributed by atoms with Crippen LogP contribution in [0.3, 0.4) is 0 Å². The Morgan fingerprint density at radius 3 is 2.66 bits per heavy atom. The summed E-state index contributed by atoms with van der Waals surface area (Å²) in [6, 6.07) is 11.0. The molecule has 9 nitrogen and oxygen atoms in total. The van der Waals surface area contributed by atoms with E-state index < -0.39 is 0 Å². The largest absolute Gasteiger partial charge is 0.467 e. The third-order valence-electron chi connectivity index (χ3n) is 6.14. The lowest BCUT2D eigenvalue weighted by atomic mass is 10.0. The summed E-state index contributed by atoms with van der Waals surface area (Å²) in [6.45, 7) is 7.68. The van der Waals surface area contributed by atoms with Crippen LogP contribution in [0.25, 0.3) is 21.9 Å². The van der Waals surface area contributed by atoms with Gasteiger partial charge in [0.2, 0.25) is 0 Å². The summed E-state index contributed by atoms with van der Waals surface area (Å²) in [5.74, 6) is 0.173. The molecule has 4 aromatic rings. The number of piperazine rings is 1. The van der Waals surface area contributed by atoms with Gasteiger partial charge in [-0.2, -0.15) is 4.98 Å². The molecular formula is C26H27N5O4. The SMILES string of the molecule is COc1ncc2c(N3C[C@H](C)N[C@@H](C)C3)ccc(C(=O)Nc3ccc4c(=O)cc(C)oc4c3)c2n1. The van der Waals surface area contributed by atoms with Gasteiger partial charge in [0.05, 0.1) is 23.6 Å². The molecule has 180 valence electrons. The molecule has 1 aliphatic rings. The molecule has 0 aliphatic carbocycles. The lowest BCUT2D eigenvalue weighted by Crippen LogP contribution is -2.54. The first-order valence-corrected chi connectivity index (χ1v) is 11.5. The van der Waals surface area contributed by atoms with E-state index >= 15 is 0 Å². The van der Waals surface area contributed by atoms with Crippen molar-refractivity contribution in [2.45, 2.75) is 32.9 Å². The van der Waals surface area contributed by atoms with Gasteiger partial charge in [-0.25, -0.2) is 4.98 Å². The number of ether oxygens (including phenoxy) is 1. The quantitative estimate of drug-likeness (QED) is 0.464. The maximum atomic E-state index is 13.4. The third-order valence-corrected chi connectivity index (χ3v) is 6.14. The average Bonchev–Trinajstić information content (AvgIpc) is 2.81. The first kappa shape index (κ1) is 22.8. The summed E-state index contributed by atoms with van der Waals surface area (Å²) < 4.78 is 10.9. The Hall–Kier alpha value is -3.98. The number of fused-ring (bicyclic) bond motifs is 2. The predicted molar refractivity (Wildman–Crippen MR) is 136 cm³/mol. The second kappa shape index (κ2) is 8.99. The Kier molecular flexibility index (Phi) is 5.86. The maximum Gasteiger partial charge on any atom is 0.316 e. The molecule has 5 rings (SSSR count). The van der Waals surface area contributed by atoms with Gasteiger partial charge < -0.3 is 24.7 Å². The van der Waals surface area contributed by atoms with E-state index in [0.717, 1.165) is 24.2 Å². The van der Waals surface area contributed by atoms with Crippen LogP contribution in [0.5, 0.6) is 6.01 Å². The highest BCUT2D eigenvalue weighted by atomic mass is 16.5. The molecule has 0 saturated carbocycles. The summed E-state index contributed by atoms with van der Waals surface area (Å²) >= 11 is 0. The standard InChI is InChI=1S/C26H27N5O4/c1-14-12-31(13-15(2)28-14)21-8-7-19(24-20(21)11-27-26(30-24)34-4)25(33)29-17-5-6-18-22(32)9-16(3)35-23(18)10-17/h5-11,14-15,28H,12-13H2,1-4H3,(H,29,33)/t14-,15-/m0/s1. The molecule has 3 heterocycles. The van der Waals surface area contributed by atoms with Crippen molar-refractivity contribution in [1.82, 2.24) is 15.3 Å². The topological polar surface area (TPSA) is 110 Å². The predicted octanol–water partition coefficient (Wildman–Crippen LogP) is 3.49. The molecule has 1 amide bonds. The van der Waals surface area contributed by atoms with Crippen LogP contribution in [0.4, 0.5) is 11.4 Å². The second-order valence-corrected chi connectivity index (χ2v) is 9.01. The van der Waals surface area contributed by atoms with Crippen molar-refractivity contribution < 1.29 is 13.9 Å². The van der Waals surface area contributed by atoms with Gasteiger partial charge in [-0.15, -0.1) is 0 Å². The summed E-state index contributed by atoms with van der Waals surface area (Å²) in [5.41, 5.74) is 2.68. The molecule has 1 fully saturated rings. The first-order valence-electron chi connectivity index (χ1n) is 11.5. The number of rotatable bonds is 4. The Bertz CT molecular complexity index is 1490. The van der Waals surface area contributed by atoms with E-state index in [4.69, 9.17) is 9.15 Å². The van der Waals surface area contributed by atoms with Gasteiger partial charge in [0.1, 0.15) is 11.3 Å². The van der Waals surface area contributed by atoms with Crippen LogP contribution >= 0.6 is 0 Å². The van der Waals surface area contributed by atoms with Crippen LogP contribution in [0.2, 0.25) is 0 Å². The average molecular weight is 474 g/mol. The minimum atomic E-state index is -0.335. The molecular weight excluding hydrogens is 446 g/mol. The number of amides is 1. The Morgan fingerprint density at radius 1 is 1.14 bits per heavy atom. The number of aryl methyl sites for hydroxylation is 1. The van der Waals surface area contributed by atoms with Gasteiger partial charge in [-0.1, -0.05) is 0 Å². The van der Waals surface area contributed by atoms with E-state index in [2.05, 4.69) is 39.3 Å². The fraction of sp³-hybridized carbons (Fsp3) is 0.308. The minimum absolute atomic E-state index is 0.122. The number of carbonyl (C=O) groups is 1. The Balaban J connectivity index is 1.54. The zero-order valence-corrected chi connectivity index (χ0v) is 20.1. The minimum Gasteiger partial charge on any atom is -0.467 e.